The SMILES string of the molecule is CCC1(c2cccc(Br)c2)NCCNC1=O. The molecule has 1 aliphatic rings. The Balaban J connectivity index is 2.44. The maximum Gasteiger partial charge on any atom is 0.244 e. The van der Waals surface area contributed by atoms with Crippen molar-refractivity contribution in [3.63, 3.8) is 0 Å². The zero-order chi connectivity index (χ0) is 11.6. The maximum atomic E-state index is 12.1. The van der Waals surface area contributed by atoms with Gasteiger partial charge < -0.3 is 5.32 Å². The second-order valence-electron chi connectivity index (χ2n) is 3.95. The average Bonchev–Trinajstić information content (AvgIpc) is 2.30. The predicted molar refractivity (Wildman–Crippen MR) is 67.1 cm³/mol. The summed E-state index contributed by atoms with van der Waals surface area (Å²) < 4.78 is 0.998. The molecule has 0 saturated carbocycles. The smallest absolute Gasteiger partial charge is 0.244 e. The summed E-state index contributed by atoms with van der Waals surface area (Å²) in [6, 6.07) is 7.92. The van der Waals surface area contributed by atoms with Gasteiger partial charge in [0.25, 0.3) is 0 Å². The summed E-state index contributed by atoms with van der Waals surface area (Å²) in [6.45, 7) is 3.54. The number of carbonyl (C=O) groups excluding carboxylic acids is 1. The highest BCUT2D eigenvalue weighted by atomic mass is 79.9. The van der Waals surface area contributed by atoms with E-state index < -0.39 is 5.54 Å². The molecule has 0 aliphatic carbocycles. The van der Waals surface area contributed by atoms with Crippen LogP contribution in [0.1, 0.15) is 18.9 Å². The number of hydrogen-bond donors (Lipinski definition) is 2. The van der Waals surface area contributed by atoms with E-state index in [9.17, 15) is 4.79 Å². The predicted octanol–water partition coefficient (Wildman–Crippen LogP) is 1.77. The molecule has 1 amide bonds. The van der Waals surface area contributed by atoms with E-state index in [0.717, 1.165) is 23.0 Å². The number of hydrogen-bond acceptors (Lipinski definition) is 2. The van der Waals surface area contributed by atoms with Gasteiger partial charge in [-0.15, -0.1) is 0 Å². The molecule has 86 valence electrons. The quantitative estimate of drug-likeness (QED) is 0.868. The Hall–Kier alpha value is -0.870. The highest BCUT2D eigenvalue weighted by molar-refractivity contribution is 9.10. The zero-order valence-corrected chi connectivity index (χ0v) is 10.8. The van der Waals surface area contributed by atoms with Crippen LogP contribution in [0, 0.1) is 0 Å². The van der Waals surface area contributed by atoms with Gasteiger partial charge in [0.05, 0.1) is 0 Å². The first-order valence-corrected chi connectivity index (χ1v) is 6.28. The van der Waals surface area contributed by atoms with Crippen molar-refractivity contribution in [1.82, 2.24) is 10.6 Å². The van der Waals surface area contributed by atoms with Crippen LogP contribution < -0.4 is 10.6 Å². The third-order valence-corrected chi connectivity index (χ3v) is 3.57. The summed E-state index contributed by atoms with van der Waals surface area (Å²) >= 11 is 3.44. The highest BCUT2D eigenvalue weighted by Gasteiger charge is 2.39. The summed E-state index contributed by atoms with van der Waals surface area (Å²) in [5.41, 5.74) is 0.448. The molecular weight excluding hydrogens is 268 g/mol. The number of piperazine rings is 1. The van der Waals surface area contributed by atoms with Gasteiger partial charge in [-0.1, -0.05) is 35.0 Å². The first-order valence-electron chi connectivity index (χ1n) is 5.48. The second kappa shape index (κ2) is 4.55. The minimum Gasteiger partial charge on any atom is -0.353 e. The largest absolute Gasteiger partial charge is 0.353 e. The topological polar surface area (TPSA) is 41.1 Å². The van der Waals surface area contributed by atoms with Crippen LogP contribution in [0.4, 0.5) is 0 Å². The van der Waals surface area contributed by atoms with Gasteiger partial charge in [0.15, 0.2) is 0 Å². The Morgan fingerprint density at radius 1 is 1.44 bits per heavy atom. The van der Waals surface area contributed by atoms with Crippen LogP contribution in [0.3, 0.4) is 0 Å². The molecule has 1 aromatic carbocycles. The summed E-state index contributed by atoms with van der Waals surface area (Å²) in [6.07, 6.45) is 0.745. The van der Waals surface area contributed by atoms with Crippen LogP contribution in [0.5, 0.6) is 0 Å². The van der Waals surface area contributed by atoms with Crippen LogP contribution in [0.2, 0.25) is 0 Å². The van der Waals surface area contributed by atoms with Gasteiger partial charge in [0.1, 0.15) is 5.54 Å². The monoisotopic (exact) mass is 282 g/mol. The van der Waals surface area contributed by atoms with Gasteiger partial charge in [-0.2, -0.15) is 0 Å². The highest BCUT2D eigenvalue weighted by Crippen LogP contribution is 2.28. The average molecular weight is 283 g/mol. The molecular formula is C12H15BrN2O. The van der Waals surface area contributed by atoms with E-state index in [2.05, 4.69) is 26.6 Å². The lowest BCUT2D eigenvalue weighted by atomic mass is 9.85. The standard InChI is InChI=1S/C12H15BrN2O/c1-2-12(11(16)14-6-7-15-12)9-4-3-5-10(13)8-9/h3-5,8,15H,2,6-7H2,1H3,(H,14,16). The molecule has 1 unspecified atom stereocenters. The van der Waals surface area contributed by atoms with Crippen molar-refractivity contribution < 1.29 is 4.79 Å². The van der Waals surface area contributed by atoms with Crippen LogP contribution in [-0.4, -0.2) is 19.0 Å². The van der Waals surface area contributed by atoms with E-state index in [1.807, 2.05) is 31.2 Å². The Morgan fingerprint density at radius 3 is 2.88 bits per heavy atom. The van der Waals surface area contributed by atoms with Crippen molar-refractivity contribution >= 4 is 21.8 Å². The van der Waals surface area contributed by atoms with E-state index in [1.165, 1.54) is 0 Å². The van der Waals surface area contributed by atoms with E-state index in [-0.39, 0.29) is 5.91 Å². The molecule has 3 nitrogen and oxygen atoms in total. The normalized spacial score (nSPS) is 25.2. The number of benzene rings is 1. The Kier molecular flexibility index (Phi) is 3.30. The lowest BCUT2D eigenvalue weighted by Crippen LogP contribution is -2.60. The van der Waals surface area contributed by atoms with Crippen molar-refractivity contribution in [2.24, 2.45) is 0 Å². The molecule has 1 atom stereocenters. The van der Waals surface area contributed by atoms with E-state index in [0.29, 0.717) is 6.54 Å². The Labute approximate surface area is 104 Å². The zero-order valence-electron chi connectivity index (χ0n) is 9.22. The lowest BCUT2D eigenvalue weighted by molar-refractivity contribution is -0.129. The summed E-state index contributed by atoms with van der Waals surface area (Å²) in [7, 11) is 0. The van der Waals surface area contributed by atoms with Crippen molar-refractivity contribution in [3.05, 3.63) is 34.3 Å². The minimum absolute atomic E-state index is 0.0688. The summed E-state index contributed by atoms with van der Waals surface area (Å²) in [5.74, 6) is 0.0688. The maximum absolute atomic E-state index is 12.1. The first-order chi connectivity index (χ1) is 7.69. The van der Waals surface area contributed by atoms with Crippen molar-refractivity contribution in [1.29, 1.82) is 0 Å². The van der Waals surface area contributed by atoms with Crippen LogP contribution in [0.15, 0.2) is 28.7 Å². The Morgan fingerprint density at radius 2 is 2.25 bits per heavy atom. The third kappa shape index (κ3) is 1.87. The number of carbonyl (C=O) groups is 1. The summed E-state index contributed by atoms with van der Waals surface area (Å²) in [4.78, 5) is 12.1. The van der Waals surface area contributed by atoms with Gasteiger partial charge >= 0.3 is 0 Å². The molecule has 0 bridgehead atoms. The van der Waals surface area contributed by atoms with E-state index in [1.54, 1.807) is 0 Å². The molecule has 1 fully saturated rings. The molecule has 1 aromatic rings. The van der Waals surface area contributed by atoms with Crippen LogP contribution >= 0.6 is 15.9 Å². The molecule has 4 heteroatoms. The molecule has 0 radical (unpaired) electrons. The lowest BCUT2D eigenvalue weighted by Gasteiger charge is -2.37. The van der Waals surface area contributed by atoms with Gasteiger partial charge in [-0.25, -0.2) is 0 Å². The molecule has 0 spiro atoms. The van der Waals surface area contributed by atoms with Crippen molar-refractivity contribution in [2.45, 2.75) is 18.9 Å². The van der Waals surface area contributed by atoms with Crippen LogP contribution in [-0.2, 0) is 10.3 Å². The van der Waals surface area contributed by atoms with E-state index in [4.69, 9.17) is 0 Å². The molecule has 1 saturated heterocycles. The van der Waals surface area contributed by atoms with E-state index >= 15 is 0 Å². The minimum atomic E-state index is -0.567. The van der Waals surface area contributed by atoms with Crippen LogP contribution in [0.25, 0.3) is 0 Å². The second-order valence-corrected chi connectivity index (χ2v) is 4.87. The molecule has 1 aliphatic heterocycles. The molecule has 2 rings (SSSR count). The third-order valence-electron chi connectivity index (χ3n) is 3.07. The van der Waals surface area contributed by atoms with Gasteiger partial charge in [0, 0.05) is 17.6 Å². The fourth-order valence-electron chi connectivity index (χ4n) is 2.16. The fourth-order valence-corrected chi connectivity index (χ4v) is 2.56. The summed E-state index contributed by atoms with van der Waals surface area (Å²) in [5, 5.41) is 6.27. The molecule has 16 heavy (non-hydrogen) atoms. The molecule has 0 aromatic heterocycles. The number of nitrogens with one attached hydrogen (secondary N) is 2. The molecule has 2 N–H and O–H groups in total. The number of halogens is 1. The van der Waals surface area contributed by atoms with Gasteiger partial charge in [-0.3, -0.25) is 10.1 Å². The fraction of sp³-hybridized carbons (Fsp3) is 0.417. The number of amides is 1. The molecule has 1 heterocycles. The Bertz CT molecular complexity index is 408. The van der Waals surface area contributed by atoms with Crippen molar-refractivity contribution in [3.8, 4) is 0 Å². The first kappa shape index (κ1) is 11.6. The van der Waals surface area contributed by atoms with Gasteiger partial charge in [0.2, 0.25) is 5.91 Å². The van der Waals surface area contributed by atoms with Gasteiger partial charge in [-0.05, 0) is 24.1 Å². The van der Waals surface area contributed by atoms with Crippen molar-refractivity contribution in [2.75, 3.05) is 13.1 Å². The number of rotatable bonds is 2.